The lowest BCUT2D eigenvalue weighted by Gasteiger charge is -2.03. The maximum Gasteiger partial charge on any atom is 0.411 e. The lowest BCUT2D eigenvalue weighted by Crippen LogP contribution is -2.13. The molecule has 6 heteroatoms. The Morgan fingerprint density at radius 1 is 1.79 bits per heavy atom. The van der Waals surface area contributed by atoms with Crippen molar-refractivity contribution in [3.8, 4) is 0 Å². The van der Waals surface area contributed by atoms with Gasteiger partial charge in [0.25, 0.3) is 0 Å². The lowest BCUT2D eigenvalue weighted by molar-refractivity contribution is 0.161. The van der Waals surface area contributed by atoms with Crippen molar-refractivity contribution in [1.82, 2.24) is 9.78 Å². The van der Waals surface area contributed by atoms with Gasteiger partial charge in [0.05, 0.1) is 12.8 Å². The molecular weight excluding hydrogens is 206 g/mol. The fourth-order valence-corrected chi connectivity index (χ4v) is 0.987. The minimum absolute atomic E-state index is 0.374. The Kier molecular flexibility index (Phi) is 3.76. The molecule has 0 spiro atoms. The van der Waals surface area contributed by atoms with Crippen molar-refractivity contribution in [3.05, 3.63) is 11.3 Å². The zero-order chi connectivity index (χ0) is 10.6. The van der Waals surface area contributed by atoms with E-state index in [1.165, 1.54) is 10.9 Å². The van der Waals surface area contributed by atoms with Crippen LogP contribution in [0.3, 0.4) is 0 Å². The molecule has 1 aromatic heterocycles. The first-order valence-electron chi connectivity index (χ1n) is 4.26. The Morgan fingerprint density at radius 3 is 3.00 bits per heavy atom. The average Bonchev–Trinajstić information content (AvgIpc) is 2.46. The van der Waals surface area contributed by atoms with E-state index in [1.54, 1.807) is 7.05 Å². The van der Waals surface area contributed by atoms with E-state index in [0.717, 1.165) is 6.42 Å². The van der Waals surface area contributed by atoms with Gasteiger partial charge in [-0.1, -0.05) is 18.5 Å². The quantitative estimate of drug-likeness (QED) is 0.843. The second-order valence-electron chi connectivity index (χ2n) is 2.73. The van der Waals surface area contributed by atoms with Crippen molar-refractivity contribution in [1.29, 1.82) is 0 Å². The van der Waals surface area contributed by atoms with Crippen LogP contribution in [0.25, 0.3) is 0 Å². The van der Waals surface area contributed by atoms with Crippen LogP contribution in [0.2, 0.25) is 5.15 Å². The smallest absolute Gasteiger partial charge is 0.411 e. The van der Waals surface area contributed by atoms with Crippen molar-refractivity contribution in [2.45, 2.75) is 13.3 Å². The van der Waals surface area contributed by atoms with Gasteiger partial charge in [-0.3, -0.25) is 10.00 Å². The van der Waals surface area contributed by atoms with Crippen molar-refractivity contribution in [3.63, 3.8) is 0 Å². The van der Waals surface area contributed by atoms with Crippen LogP contribution in [0, 0.1) is 0 Å². The summed E-state index contributed by atoms with van der Waals surface area (Å²) in [5.41, 5.74) is 0.454. The summed E-state index contributed by atoms with van der Waals surface area (Å²) in [5.74, 6) is 0. The number of carbonyl (C=O) groups excluding carboxylic acids is 1. The monoisotopic (exact) mass is 217 g/mol. The highest BCUT2D eigenvalue weighted by Crippen LogP contribution is 2.19. The Hall–Kier alpha value is -1.23. The first-order valence-corrected chi connectivity index (χ1v) is 4.64. The summed E-state index contributed by atoms with van der Waals surface area (Å²) >= 11 is 5.82. The highest BCUT2D eigenvalue weighted by atomic mass is 35.5. The molecule has 0 atom stereocenters. The summed E-state index contributed by atoms with van der Waals surface area (Å²) < 4.78 is 6.27. The first kappa shape index (κ1) is 10.8. The van der Waals surface area contributed by atoms with Gasteiger partial charge >= 0.3 is 6.09 Å². The number of carbonyl (C=O) groups is 1. The molecule has 14 heavy (non-hydrogen) atoms. The van der Waals surface area contributed by atoms with E-state index < -0.39 is 6.09 Å². The predicted octanol–water partition coefficient (Wildman–Crippen LogP) is 2.03. The Balaban J connectivity index is 2.52. The van der Waals surface area contributed by atoms with E-state index in [9.17, 15) is 4.79 Å². The topological polar surface area (TPSA) is 56.1 Å². The molecule has 0 aliphatic heterocycles. The van der Waals surface area contributed by atoms with Crippen LogP contribution in [0.4, 0.5) is 10.5 Å². The second kappa shape index (κ2) is 4.85. The molecule has 0 aromatic carbocycles. The van der Waals surface area contributed by atoms with Crippen LogP contribution in [0.5, 0.6) is 0 Å². The molecule has 0 unspecified atom stereocenters. The molecule has 0 aliphatic carbocycles. The maximum atomic E-state index is 11.1. The summed E-state index contributed by atoms with van der Waals surface area (Å²) in [6.45, 7) is 2.31. The molecule has 1 heterocycles. The van der Waals surface area contributed by atoms with Crippen LogP contribution >= 0.6 is 11.6 Å². The normalized spacial score (nSPS) is 9.93. The van der Waals surface area contributed by atoms with Crippen LogP contribution in [-0.4, -0.2) is 22.5 Å². The number of halogens is 1. The minimum atomic E-state index is -0.512. The third-order valence-electron chi connectivity index (χ3n) is 1.54. The average molecular weight is 218 g/mol. The summed E-state index contributed by atoms with van der Waals surface area (Å²) in [7, 11) is 1.69. The van der Waals surface area contributed by atoms with E-state index in [0.29, 0.717) is 17.4 Å². The maximum absolute atomic E-state index is 11.1. The molecule has 1 rings (SSSR count). The van der Waals surface area contributed by atoms with Gasteiger partial charge < -0.3 is 4.74 Å². The molecule has 0 saturated carbocycles. The number of aromatic nitrogens is 2. The fourth-order valence-electron chi connectivity index (χ4n) is 0.847. The van der Waals surface area contributed by atoms with E-state index in [1.807, 2.05) is 6.92 Å². The SMILES string of the molecule is CCCOC(=O)Nc1cnn(C)c1Cl. The molecule has 0 saturated heterocycles. The summed E-state index contributed by atoms with van der Waals surface area (Å²) in [6.07, 6.45) is 1.74. The molecule has 5 nitrogen and oxygen atoms in total. The molecule has 0 fully saturated rings. The lowest BCUT2D eigenvalue weighted by atomic mass is 10.5. The zero-order valence-electron chi connectivity index (χ0n) is 8.08. The second-order valence-corrected chi connectivity index (χ2v) is 3.09. The van der Waals surface area contributed by atoms with Gasteiger partial charge in [-0.2, -0.15) is 5.10 Å². The molecular formula is C8H12ClN3O2. The van der Waals surface area contributed by atoms with Gasteiger partial charge in [0.1, 0.15) is 5.69 Å². The van der Waals surface area contributed by atoms with Gasteiger partial charge in [0, 0.05) is 7.05 Å². The van der Waals surface area contributed by atoms with Crippen LogP contribution < -0.4 is 5.32 Å². The third kappa shape index (κ3) is 2.63. The number of amides is 1. The van der Waals surface area contributed by atoms with Crippen LogP contribution in [-0.2, 0) is 11.8 Å². The Bertz CT molecular complexity index is 324. The standard InChI is InChI=1S/C8H12ClN3O2/c1-3-4-14-8(13)11-6-5-10-12(2)7(6)9/h5H,3-4H2,1-2H3,(H,11,13). The van der Waals surface area contributed by atoms with Gasteiger partial charge in [-0.05, 0) is 6.42 Å². The Morgan fingerprint density at radius 2 is 2.50 bits per heavy atom. The van der Waals surface area contributed by atoms with Crippen LogP contribution in [0.15, 0.2) is 6.20 Å². The van der Waals surface area contributed by atoms with E-state index in [2.05, 4.69) is 10.4 Å². The zero-order valence-corrected chi connectivity index (χ0v) is 8.84. The number of hydrogen-bond donors (Lipinski definition) is 1. The van der Waals surface area contributed by atoms with E-state index >= 15 is 0 Å². The summed E-state index contributed by atoms with van der Waals surface area (Å²) in [4.78, 5) is 11.1. The number of anilines is 1. The van der Waals surface area contributed by atoms with Crippen molar-refractivity contribution >= 4 is 23.4 Å². The predicted molar refractivity (Wildman–Crippen MR) is 53.5 cm³/mol. The first-order chi connectivity index (χ1) is 6.65. The van der Waals surface area contributed by atoms with Crippen molar-refractivity contribution < 1.29 is 9.53 Å². The molecule has 78 valence electrons. The number of nitrogens with zero attached hydrogens (tertiary/aromatic N) is 2. The van der Waals surface area contributed by atoms with Gasteiger partial charge in [0.15, 0.2) is 5.15 Å². The third-order valence-corrected chi connectivity index (χ3v) is 1.99. The summed E-state index contributed by atoms with van der Waals surface area (Å²) in [6, 6.07) is 0. The molecule has 0 aliphatic rings. The molecule has 1 amide bonds. The number of rotatable bonds is 3. The fraction of sp³-hybridized carbons (Fsp3) is 0.500. The van der Waals surface area contributed by atoms with Crippen molar-refractivity contribution in [2.24, 2.45) is 7.05 Å². The van der Waals surface area contributed by atoms with Crippen LogP contribution in [0.1, 0.15) is 13.3 Å². The molecule has 1 aromatic rings. The number of ether oxygens (including phenoxy) is 1. The highest BCUT2D eigenvalue weighted by molar-refractivity contribution is 6.32. The Labute approximate surface area is 87.0 Å². The summed E-state index contributed by atoms with van der Waals surface area (Å²) in [5, 5.41) is 6.73. The number of aryl methyl sites for hydroxylation is 1. The van der Waals surface area contributed by atoms with Crippen molar-refractivity contribution in [2.75, 3.05) is 11.9 Å². The molecule has 0 radical (unpaired) electrons. The van der Waals surface area contributed by atoms with E-state index in [4.69, 9.17) is 16.3 Å². The highest BCUT2D eigenvalue weighted by Gasteiger charge is 2.09. The number of hydrogen-bond acceptors (Lipinski definition) is 3. The van der Waals surface area contributed by atoms with Gasteiger partial charge in [0.2, 0.25) is 0 Å². The molecule has 0 bridgehead atoms. The molecule has 1 N–H and O–H groups in total. The van der Waals surface area contributed by atoms with Gasteiger partial charge in [-0.15, -0.1) is 0 Å². The largest absolute Gasteiger partial charge is 0.449 e. The van der Waals surface area contributed by atoms with E-state index in [-0.39, 0.29) is 0 Å². The number of nitrogens with one attached hydrogen (secondary N) is 1. The minimum Gasteiger partial charge on any atom is -0.449 e. The van der Waals surface area contributed by atoms with Gasteiger partial charge in [-0.25, -0.2) is 4.79 Å².